The lowest BCUT2D eigenvalue weighted by Crippen LogP contribution is -1.85. The molecule has 0 aliphatic heterocycles. The van der Waals surface area contributed by atoms with Crippen LogP contribution in [0.1, 0.15) is 0 Å². The van der Waals surface area contributed by atoms with Gasteiger partial charge in [0.05, 0.1) is 23.4 Å². The number of thiophene rings is 1. The zero-order chi connectivity index (χ0) is 18.2. The minimum Gasteiger partial charge on any atom is -0.497 e. The van der Waals surface area contributed by atoms with Crippen molar-refractivity contribution in [1.29, 1.82) is 0 Å². The molecule has 3 aromatic heterocycles. The summed E-state index contributed by atoms with van der Waals surface area (Å²) in [5, 5.41) is 3.24. The molecule has 0 amide bonds. The Morgan fingerprint density at radius 1 is 0.963 bits per heavy atom. The number of fused-ring (bicyclic) bond motifs is 1. The monoisotopic (exact) mass is 371 g/mol. The summed E-state index contributed by atoms with van der Waals surface area (Å²) in [6, 6.07) is 20.5. The van der Waals surface area contributed by atoms with Crippen LogP contribution in [0.3, 0.4) is 0 Å². The molecular formula is C22H17N3OS. The summed E-state index contributed by atoms with van der Waals surface area (Å²) in [5.41, 5.74) is 5.23. The lowest BCUT2D eigenvalue weighted by atomic mass is 10.0. The van der Waals surface area contributed by atoms with E-state index in [9.17, 15) is 0 Å². The van der Waals surface area contributed by atoms with Crippen LogP contribution in [-0.4, -0.2) is 22.1 Å². The summed E-state index contributed by atoms with van der Waals surface area (Å²) in [7, 11) is 1.68. The highest BCUT2D eigenvalue weighted by Crippen LogP contribution is 2.37. The molecular weight excluding hydrogens is 354 g/mol. The van der Waals surface area contributed by atoms with E-state index in [1.54, 1.807) is 18.4 Å². The molecule has 27 heavy (non-hydrogen) atoms. The number of hydrogen-bond acceptors (Lipinski definition) is 3. The van der Waals surface area contributed by atoms with E-state index >= 15 is 0 Å². The average molecular weight is 371 g/mol. The maximum absolute atomic E-state index is 5.30. The van der Waals surface area contributed by atoms with Gasteiger partial charge in [-0.25, -0.2) is 4.98 Å². The van der Waals surface area contributed by atoms with E-state index in [1.807, 2.05) is 42.6 Å². The second-order valence-corrected chi connectivity index (χ2v) is 7.21. The standard InChI is InChI=1S/C22H17N3OS/c1-26-15-10-8-14(9-11-15)20-21(25-22(24-20)19-7-4-12-27-19)17-13-23-18-6-3-2-5-16(17)18/h2-13,23H,1H3,(H,24,25). The van der Waals surface area contributed by atoms with Gasteiger partial charge >= 0.3 is 0 Å². The number of rotatable bonds is 4. The summed E-state index contributed by atoms with van der Waals surface area (Å²) in [6.07, 6.45) is 2.05. The first-order valence-corrected chi connectivity index (χ1v) is 9.56. The van der Waals surface area contributed by atoms with Crippen molar-refractivity contribution in [1.82, 2.24) is 15.0 Å². The number of para-hydroxylation sites is 1. The molecule has 5 rings (SSSR count). The van der Waals surface area contributed by atoms with Crippen molar-refractivity contribution in [3.05, 3.63) is 72.2 Å². The van der Waals surface area contributed by atoms with Crippen molar-refractivity contribution in [3.8, 4) is 39.0 Å². The number of imidazole rings is 1. The van der Waals surface area contributed by atoms with Crippen LogP contribution < -0.4 is 4.74 Å². The highest BCUT2D eigenvalue weighted by atomic mass is 32.1. The average Bonchev–Trinajstić information content (AvgIpc) is 3.46. The number of aromatic amines is 2. The van der Waals surface area contributed by atoms with Gasteiger partial charge in [-0.05, 0) is 41.8 Å². The molecule has 0 saturated heterocycles. The van der Waals surface area contributed by atoms with Crippen LogP contribution in [-0.2, 0) is 0 Å². The number of methoxy groups -OCH3 is 1. The number of nitrogens with one attached hydrogen (secondary N) is 2. The molecule has 2 N–H and O–H groups in total. The third kappa shape index (κ3) is 2.73. The van der Waals surface area contributed by atoms with E-state index in [0.717, 1.165) is 44.5 Å². The van der Waals surface area contributed by atoms with Crippen LogP contribution in [0, 0.1) is 0 Å². The van der Waals surface area contributed by atoms with E-state index < -0.39 is 0 Å². The fourth-order valence-corrected chi connectivity index (χ4v) is 4.00. The first-order chi connectivity index (χ1) is 13.3. The Morgan fingerprint density at radius 3 is 2.59 bits per heavy atom. The molecule has 0 aliphatic carbocycles. The highest BCUT2D eigenvalue weighted by molar-refractivity contribution is 7.13. The predicted molar refractivity (Wildman–Crippen MR) is 111 cm³/mol. The van der Waals surface area contributed by atoms with E-state index in [-0.39, 0.29) is 0 Å². The maximum Gasteiger partial charge on any atom is 0.148 e. The Morgan fingerprint density at radius 2 is 1.81 bits per heavy atom. The minimum absolute atomic E-state index is 0.835. The highest BCUT2D eigenvalue weighted by Gasteiger charge is 2.18. The van der Waals surface area contributed by atoms with Crippen LogP contribution in [0.25, 0.3) is 44.1 Å². The Bertz CT molecular complexity index is 1200. The number of benzene rings is 2. The van der Waals surface area contributed by atoms with E-state index in [0.29, 0.717) is 0 Å². The van der Waals surface area contributed by atoms with Gasteiger partial charge < -0.3 is 14.7 Å². The maximum atomic E-state index is 5.30. The third-order valence-electron chi connectivity index (χ3n) is 4.68. The van der Waals surface area contributed by atoms with Crippen molar-refractivity contribution in [3.63, 3.8) is 0 Å². The molecule has 4 nitrogen and oxygen atoms in total. The van der Waals surface area contributed by atoms with Gasteiger partial charge in [-0.2, -0.15) is 0 Å². The second-order valence-electron chi connectivity index (χ2n) is 6.26. The number of hydrogen-bond donors (Lipinski definition) is 2. The lowest BCUT2D eigenvalue weighted by Gasteiger charge is -2.04. The second kappa shape index (κ2) is 6.45. The van der Waals surface area contributed by atoms with Crippen molar-refractivity contribution in [2.24, 2.45) is 0 Å². The molecule has 0 fully saturated rings. The van der Waals surface area contributed by atoms with Gasteiger partial charge in [0.25, 0.3) is 0 Å². The number of H-pyrrole nitrogens is 2. The summed E-state index contributed by atoms with van der Waals surface area (Å²) >= 11 is 1.68. The molecule has 0 spiro atoms. The first kappa shape index (κ1) is 15.9. The van der Waals surface area contributed by atoms with E-state index in [4.69, 9.17) is 9.72 Å². The Labute approximate surface area is 160 Å². The van der Waals surface area contributed by atoms with Crippen molar-refractivity contribution >= 4 is 22.2 Å². The van der Waals surface area contributed by atoms with Crippen LogP contribution in [0.2, 0.25) is 0 Å². The van der Waals surface area contributed by atoms with Gasteiger partial charge in [0.1, 0.15) is 11.6 Å². The van der Waals surface area contributed by atoms with E-state index in [1.165, 1.54) is 5.39 Å². The van der Waals surface area contributed by atoms with Gasteiger partial charge in [-0.15, -0.1) is 11.3 Å². The van der Waals surface area contributed by atoms with Crippen LogP contribution in [0.5, 0.6) is 5.75 Å². The van der Waals surface area contributed by atoms with E-state index in [2.05, 4.69) is 39.6 Å². The smallest absolute Gasteiger partial charge is 0.148 e. The summed E-state index contributed by atoms with van der Waals surface area (Å²) in [5.74, 6) is 1.72. The Hall–Kier alpha value is -3.31. The number of nitrogens with zero attached hydrogens (tertiary/aromatic N) is 1. The summed E-state index contributed by atoms with van der Waals surface area (Å²) < 4.78 is 5.30. The van der Waals surface area contributed by atoms with Crippen LogP contribution >= 0.6 is 11.3 Å². The zero-order valence-electron chi connectivity index (χ0n) is 14.7. The molecule has 0 atom stereocenters. The molecule has 2 aromatic carbocycles. The van der Waals surface area contributed by atoms with Crippen molar-refractivity contribution in [2.75, 3.05) is 7.11 Å². The van der Waals surface area contributed by atoms with Crippen LogP contribution in [0.15, 0.2) is 72.2 Å². The van der Waals surface area contributed by atoms with Crippen molar-refractivity contribution in [2.45, 2.75) is 0 Å². The molecule has 3 heterocycles. The SMILES string of the molecule is COc1ccc(-c2nc(-c3cccs3)[nH]c2-c2c[nH]c3ccccc23)cc1. The molecule has 0 saturated carbocycles. The third-order valence-corrected chi connectivity index (χ3v) is 5.56. The topological polar surface area (TPSA) is 53.7 Å². The normalized spacial score (nSPS) is 11.1. The lowest BCUT2D eigenvalue weighted by molar-refractivity contribution is 0.415. The molecule has 0 aliphatic rings. The van der Waals surface area contributed by atoms with Crippen LogP contribution in [0.4, 0.5) is 0 Å². The van der Waals surface area contributed by atoms with Gasteiger partial charge in [-0.3, -0.25) is 0 Å². The fraction of sp³-hybridized carbons (Fsp3) is 0.0455. The minimum atomic E-state index is 0.835. The quantitative estimate of drug-likeness (QED) is 0.409. The molecule has 0 radical (unpaired) electrons. The summed E-state index contributed by atoms with van der Waals surface area (Å²) in [4.78, 5) is 13.0. The Balaban J connectivity index is 1.73. The number of ether oxygens (including phenoxy) is 1. The predicted octanol–water partition coefficient (Wildman–Crippen LogP) is 5.96. The number of aromatic nitrogens is 3. The largest absolute Gasteiger partial charge is 0.497 e. The van der Waals surface area contributed by atoms with Gasteiger partial charge in [-0.1, -0.05) is 24.3 Å². The molecule has 0 unspecified atom stereocenters. The van der Waals surface area contributed by atoms with Gasteiger partial charge in [0, 0.05) is 28.2 Å². The summed E-state index contributed by atoms with van der Waals surface area (Å²) in [6.45, 7) is 0. The van der Waals surface area contributed by atoms with Crippen molar-refractivity contribution < 1.29 is 4.74 Å². The zero-order valence-corrected chi connectivity index (χ0v) is 15.5. The fourth-order valence-electron chi connectivity index (χ4n) is 3.33. The first-order valence-electron chi connectivity index (χ1n) is 8.68. The van der Waals surface area contributed by atoms with Gasteiger partial charge in [0.15, 0.2) is 0 Å². The molecule has 5 aromatic rings. The Kier molecular flexibility index (Phi) is 3.80. The molecule has 5 heteroatoms. The molecule has 132 valence electrons. The van der Waals surface area contributed by atoms with Gasteiger partial charge in [0.2, 0.25) is 0 Å². The molecule has 0 bridgehead atoms.